The molecule has 0 bridgehead atoms. The highest BCUT2D eigenvalue weighted by Crippen LogP contribution is 2.25. The van der Waals surface area contributed by atoms with Gasteiger partial charge in [-0.1, -0.05) is 30.3 Å². The van der Waals surface area contributed by atoms with Crippen molar-refractivity contribution in [2.24, 2.45) is 5.73 Å². The molecule has 2 aromatic rings. The van der Waals surface area contributed by atoms with E-state index in [1.165, 1.54) is 11.3 Å². The van der Waals surface area contributed by atoms with E-state index in [0.717, 1.165) is 10.6 Å². The number of nitrogens with two attached hydrogens (primary N) is 1. The second-order valence-electron chi connectivity index (χ2n) is 2.89. The lowest BCUT2D eigenvalue weighted by Gasteiger charge is -1.95. The molecule has 2 amide bonds. The van der Waals surface area contributed by atoms with E-state index in [1.807, 2.05) is 30.3 Å². The average Bonchev–Trinajstić information content (AvgIpc) is 2.67. The van der Waals surface area contributed by atoms with Crippen molar-refractivity contribution in [1.29, 1.82) is 0 Å². The smallest absolute Gasteiger partial charge is 0.317 e. The van der Waals surface area contributed by atoms with Crippen molar-refractivity contribution in [1.82, 2.24) is 4.98 Å². The van der Waals surface area contributed by atoms with Gasteiger partial charge in [0.15, 0.2) is 0 Å². The molecule has 0 unspecified atom stereocenters. The van der Waals surface area contributed by atoms with Gasteiger partial charge in [0.2, 0.25) is 0 Å². The van der Waals surface area contributed by atoms with Gasteiger partial charge in [-0.05, 0) is 0 Å². The van der Waals surface area contributed by atoms with Crippen LogP contribution in [0.4, 0.5) is 10.6 Å². The van der Waals surface area contributed by atoms with E-state index >= 15 is 0 Å². The second-order valence-corrected chi connectivity index (χ2v) is 3.75. The fraction of sp³-hybridized carbons (Fsp3) is 0. The molecule has 1 heterocycles. The molecular weight excluding hydrogens is 210 g/mol. The molecule has 1 aromatic carbocycles. The molecular formula is C10H9N3OS. The number of primary amides is 1. The van der Waals surface area contributed by atoms with Crippen LogP contribution in [-0.4, -0.2) is 11.0 Å². The zero-order valence-corrected chi connectivity index (χ0v) is 8.62. The fourth-order valence-electron chi connectivity index (χ4n) is 1.17. The Balaban J connectivity index is 2.24. The van der Waals surface area contributed by atoms with E-state index in [2.05, 4.69) is 10.3 Å². The van der Waals surface area contributed by atoms with Crippen molar-refractivity contribution in [3.63, 3.8) is 0 Å². The molecule has 0 spiro atoms. The monoisotopic (exact) mass is 219 g/mol. The first-order chi connectivity index (χ1) is 7.25. The minimum absolute atomic E-state index is 0.492. The quantitative estimate of drug-likeness (QED) is 0.813. The molecule has 0 atom stereocenters. The summed E-state index contributed by atoms with van der Waals surface area (Å²) in [6, 6.07) is 9.16. The maximum Gasteiger partial charge on any atom is 0.317 e. The van der Waals surface area contributed by atoms with E-state index in [0.29, 0.717) is 5.82 Å². The van der Waals surface area contributed by atoms with E-state index in [1.54, 1.807) is 5.38 Å². The summed E-state index contributed by atoms with van der Waals surface area (Å²) in [5.41, 5.74) is 6.01. The normalized spacial score (nSPS) is 9.87. The fourth-order valence-corrected chi connectivity index (χ4v) is 1.93. The lowest BCUT2D eigenvalue weighted by atomic mass is 10.2. The van der Waals surface area contributed by atoms with Gasteiger partial charge in [-0.2, -0.15) is 0 Å². The minimum atomic E-state index is -0.597. The van der Waals surface area contributed by atoms with E-state index in [-0.39, 0.29) is 0 Å². The van der Waals surface area contributed by atoms with Crippen LogP contribution in [0, 0.1) is 0 Å². The van der Waals surface area contributed by atoms with Crippen molar-refractivity contribution in [2.45, 2.75) is 0 Å². The number of nitrogens with zero attached hydrogens (tertiary/aromatic N) is 1. The van der Waals surface area contributed by atoms with Crippen molar-refractivity contribution in [2.75, 3.05) is 5.32 Å². The van der Waals surface area contributed by atoms with E-state index in [4.69, 9.17) is 5.73 Å². The van der Waals surface area contributed by atoms with Crippen LogP contribution in [0.3, 0.4) is 0 Å². The van der Waals surface area contributed by atoms with Crippen molar-refractivity contribution in [3.8, 4) is 10.6 Å². The maximum atomic E-state index is 10.6. The highest BCUT2D eigenvalue weighted by molar-refractivity contribution is 7.13. The summed E-state index contributed by atoms with van der Waals surface area (Å²) in [6.07, 6.45) is 0. The Morgan fingerprint density at radius 2 is 2.07 bits per heavy atom. The molecule has 0 aliphatic rings. The molecule has 0 aliphatic carbocycles. The van der Waals surface area contributed by atoms with Crippen LogP contribution in [0.5, 0.6) is 0 Å². The van der Waals surface area contributed by atoms with Crippen LogP contribution in [0.2, 0.25) is 0 Å². The van der Waals surface area contributed by atoms with Gasteiger partial charge < -0.3 is 5.73 Å². The summed E-state index contributed by atoms with van der Waals surface area (Å²) in [5, 5.41) is 5.05. The van der Waals surface area contributed by atoms with Crippen molar-refractivity contribution in [3.05, 3.63) is 35.7 Å². The number of thiazole rings is 1. The molecule has 1 aromatic heterocycles. The van der Waals surface area contributed by atoms with Gasteiger partial charge in [-0.25, -0.2) is 9.78 Å². The summed E-state index contributed by atoms with van der Waals surface area (Å²) in [7, 11) is 0. The molecule has 2 rings (SSSR count). The Labute approximate surface area is 90.8 Å². The molecule has 76 valence electrons. The summed E-state index contributed by atoms with van der Waals surface area (Å²) < 4.78 is 0. The van der Waals surface area contributed by atoms with Crippen LogP contribution in [0.1, 0.15) is 0 Å². The van der Waals surface area contributed by atoms with E-state index in [9.17, 15) is 4.79 Å². The first-order valence-electron chi connectivity index (χ1n) is 4.33. The number of amides is 2. The highest BCUT2D eigenvalue weighted by atomic mass is 32.1. The van der Waals surface area contributed by atoms with Gasteiger partial charge in [0.05, 0.1) is 0 Å². The van der Waals surface area contributed by atoms with Gasteiger partial charge in [0.1, 0.15) is 10.8 Å². The van der Waals surface area contributed by atoms with Crippen molar-refractivity contribution < 1.29 is 4.79 Å². The third kappa shape index (κ3) is 2.32. The molecule has 0 saturated heterocycles. The Morgan fingerprint density at radius 3 is 2.73 bits per heavy atom. The summed E-state index contributed by atoms with van der Waals surface area (Å²) in [4.78, 5) is 14.8. The number of carbonyl (C=O) groups is 1. The Bertz CT molecular complexity index is 467. The minimum Gasteiger partial charge on any atom is -0.351 e. The molecule has 0 aliphatic heterocycles. The molecule has 0 saturated carbocycles. The summed E-state index contributed by atoms with van der Waals surface area (Å²) >= 11 is 1.46. The van der Waals surface area contributed by atoms with Gasteiger partial charge in [0, 0.05) is 10.9 Å². The van der Waals surface area contributed by atoms with E-state index < -0.39 is 6.03 Å². The van der Waals surface area contributed by atoms with Crippen LogP contribution in [0.25, 0.3) is 10.6 Å². The molecule has 15 heavy (non-hydrogen) atoms. The number of hydrogen-bond acceptors (Lipinski definition) is 3. The molecule has 4 nitrogen and oxygen atoms in total. The number of carbonyl (C=O) groups excluding carboxylic acids is 1. The third-order valence-corrected chi connectivity index (χ3v) is 2.67. The first kappa shape index (κ1) is 9.67. The molecule has 0 fully saturated rings. The maximum absolute atomic E-state index is 10.6. The van der Waals surface area contributed by atoms with Crippen LogP contribution in [0.15, 0.2) is 35.7 Å². The average molecular weight is 219 g/mol. The van der Waals surface area contributed by atoms with Crippen LogP contribution in [-0.2, 0) is 0 Å². The third-order valence-electron chi connectivity index (χ3n) is 1.78. The topological polar surface area (TPSA) is 68.0 Å². The molecule has 0 radical (unpaired) electrons. The highest BCUT2D eigenvalue weighted by Gasteiger charge is 2.04. The number of rotatable bonds is 2. The number of aromatic nitrogens is 1. The summed E-state index contributed by atoms with van der Waals surface area (Å²) in [5.74, 6) is 0.492. The standard InChI is InChI=1S/C10H9N3OS/c11-10(14)13-8-6-15-9(12-8)7-4-2-1-3-5-7/h1-6H,(H3,11,13,14). The number of nitrogens with one attached hydrogen (secondary N) is 1. The first-order valence-corrected chi connectivity index (χ1v) is 5.21. The summed E-state index contributed by atoms with van der Waals surface area (Å²) in [6.45, 7) is 0. The zero-order valence-electron chi connectivity index (χ0n) is 7.81. The number of benzene rings is 1. The lowest BCUT2D eigenvalue weighted by molar-refractivity contribution is 0.259. The zero-order chi connectivity index (χ0) is 10.7. The van der Waals surface area contributed by atoms with Gasteiger partial charge in [0.25, 0.3) is 0 Å². The SMILES string of the molecule is NC(=O)Nc1csc(-c2ccccc2)n1. The van der Waals surface area contributed by atoms with Crippen LogP contribution >= 0.6 is 11.3 Å². The Morgan fingerprint density at radius 1 is 1.33 bits per heavy atom. The lowest BCUT2D eigenvalue weighted by Crippen LogP contribution is -2.19. The van der Waals surface area contributed by atoms with Crippen LogP contribution < -0.4 is 11.1 Å². The van der Waals surface area contributed by atoms with Gasteiger partial charge in [-0.15, -0.1) is 11.3 Å². The van der Waals surface area contributed by atoms with Gasteiger partial charge in [-0.3, -0.25) is 5.32 Å². The van der Waals surface area contributed by atoms with Crippen molar-refractivity contribution >= 4 is 23.2 Å². The number of anilines is 1. The van der Waals surface area contributed by atoms with Gasteiger partial charge >= 0.3 is 6.03 Å². The number of urea groups is 1. The predicted molar refractivity (Wildman–Crippen MR) is 60.8 cm³/mol. The predicted octanol–water partition coefficient (Wildman–Crippen LogP) is 2.30. The molecule has 5 heteroatoms. The second kappa shape index (κ2) is 4.10. The Hall–Kier alpha value is -1.88. The largest absolute Gasteiger partial charge is 0.351 e. The number of hydrogen-bond donors (Lipinski definition) is 2. The Kier molecular flexibility index (Phi) is 2.64. The molecule has 3 N–H and O–H groups in total.